The minimum Gasteiger partial charge on any atom is -0.355 e. The van der Waals surface area contributed by atoms with Crippen molar-refractivity contribution >= 4 is 36.6 Å². The molecule has 22 heavy (non-hydrogen) atoms. The summed E-state index contributed by atoms with van der Waals surface area (Å²) in [5.41, 5.74) is 0. The van der Waals surface area contributed by atoms with Gasteiger partial charge >= 0.3 is 0 Å². The monoisotopic (exact) mass is 356 g/mol. The number of hydrogen-bond acceptors (Lipinski definition) is 4. The first-order chi connectivity index (χ1) is 9.65. The smallest absolute Gasteiger partial charge is 0.234 e. The molecule has 132 valence electrons. The predicted molar refractivity (Wildman–Crippen MR) is 93.9 cm³/mol. The summed E-state index contributed by atoms with van der Waals surface area (Å²) in [7, 11) is 1.84. The highest BCUT2D eigenvalue weighted by Crippen LogP contribution is 2.10. The summed E-state index contributed by atoms with van der Waals surface area (Å²) in [6, 6.07) is 0.259. The fourth-order valence-corrected chi connectivity index (χ4v) is 2.30. The summed E-state index contributed by atoms with van der Waals surface area (Å²) >= 11 is 0. The number of likely N-dealkylation sites (tertiary alicyclic amines) is 1. The van der Waals surface area contributed by atoms with Crippen molar-refractivity contribution < 1.29 is 9.59 Å². The Bertz CT molecular complexity index is 281. The van der Waals surface area contributed by atoms with Crippen LogP contribution in [0.1, 0.15) is 32.6 Å². The van der Waals surface area contributed by atoms with E-state index in [1.165, 1.54) is 0 Å². The number of halogens is 2. The van der Waals surface area contributed by atoms with Crippen LogP contribution in [0, 0.1) is 0 Å². The molecule has 3 N–H and O–H groups in total. The van der Waals surface area contributed by atoms with Crippen molar-refractivity contribution in [1.82, 2.24) is 20.9 Å². The van der Waals surface area contributed by atoms with Crippen molar-refractivity contribution in [2.24, 2.45) is 0 Å². The van der Waals surface area contributed by atoms with Crippen LogP contribution in [0.4, 0.5) is 0 Å². The Morgan fingerprint density at radius 1 is 1.09 bits per heavy atom. The number of piperidine rings is 1. The molecule has 1 saturated heterocycles. The normalized spacial score (nSPS) is 15.4. The molecule has 0 aromatic heterocycles. The third kappa shape index (κ3) is 10.2. The van der Waals surface area contributed by atoms with Crippen LogP contribution in [-0.4, -0.2) is 62.5 Å². The Morgan fingerprint density at radius 2 is 1.73 bits per heavy atom. The number of nitrogens with zero attached hydrogens (tertiary/aromatic N) is 1. The molecule has 1 aliphatic heterocycles. The zero-order valence-corrected chi connectivity index (χ0v) is 15.2. The van der Waals surface area contributed by atoms with Gasteiger partial charge in [0.2, 0.25) is 11.8 Å². The molecule has 0 bridgehead atoms. The summed E-state index contributed by atoms with van der Waals surface area (Å²) in [5.74, 6) is 0.210. The second kappa shape index (κ2) is 14.1. The molecule has 0 aromatic rings. The van der Waals surface area contributed by atoms with Gasteiger partial charge in [-0.15, -0.1) is 24.8 Å². The molecule has 0 aliphatic carbocycles. The zero-order chi connectivity index (χ0) is 14.8. The molecule has 8 heteroatoms. The lowest BCUT2D eigenvalue weighted by atomic mass is 10.0. The Hall–Kier alpha value is -0.560. The van der Waals surface area contributed by atoms with Crippen LogP contribution < -0.4 is 16.0 Å². The second-order valence-electron chi connectivity index (χ2n) is 5.32. The van der Waals surface area contributed by atoms with E-state index in [0.29, 0.717) is 19.5 Å². The minimum atomic E-state index is 0. The van der Waals surface area contributed by atoms with Gasteiger partial charge in [-0.2, -0.15) is 0 Å². The Kier molecular flexibility index (Phi) is 15.1. The van der Waals surface area contributed by atoms with Gasteiger partial charge in [-0.25, -0.2) is 0 Å². The number of carbonyl (C=O) groups excluding carboxylic acids is 2. The van der Waals surface area contributed by atoms with Gasteiger partial charge in [-0.1, -0.05) is 6.92 Å². The van der Waals surface area contributed by atoms with E-state index in [-0.39, 0.29) is 42.7 Å². The van der Waals surface area contributed by atoms with Gasteiger partial charge in [0.05, 0.1) is 6.54 Å². The summed E-state index contributed by atoms with van der Waals surface area (Å²) in [4.78, 5) is 25.4. The van der Waals surface area contributed by atoms with E-state index in [2.05, 4.69) is 20.9 Å². The van der Waals surface area contributed by atoms with Gasteiger partial charge in [0.15, 0.2) is 0 Å². The van der Waals surface area contributed by atoms with Crippen molar-refractivity contribution in [3.8, 4) is 0 Å². The Morgan fingerprint density at radius 3 is 2.27 bits per heavy atom. The summed E-state index contributed by atoms with van der Waals surface area (Å²) in [5, 5.41) is 8.91. The summed E-state index contributed by atoms with van der Waals surface area (Å²) in [6.45, 7) is 5.72. The lowest BCUT2D eigenvalue weighted by Crippen LogP contribution is -2.47. The van der Waals surface area contributed by atoms with E-state index in [1.54, 1.807) is 0 Å². The quantitative estimate of drug-likeness (QED) is 0.593. The molecule has 0 unspecified atom stereocenters. The lowest BCUT2D eigenvalue weighted by Gasteiger charge is -2.31. The van der Waals surface area contributed by atoms with E-state index >= 15 is 0 Å². The maximum atomic E-state index is 11.6. The van der Waals surface area contributed by atoms with Crippen LogP contribution in [0.25, 0.3) is 0 Å². The van der Waals surface area contributed by atoms with Crippen LogP contribution in [0.3, 0.4) is 0 Å². The lowest BCUT2D eigenvalue weighted by molar-refractivity contribution is -0.124. The van der Waals surface area contributed by atoms with Crippen LogP contribution in [0.2, 0.25) is 0 Å². The van der Waals surface area contributed by atoms with Crippen molar-refractivity contribution in [3.63, 3.8) is 0 Å². The molecule has 2 amide bonds. The first-order valence-electron chi connectivity index (χ1n) is 7.58. The molecule has 0 radical (unpaired) electrons. The standard InChI is InChI=1S/C14H28N4O2.2ClH/c1-3-7-16-14(20)11-18-9-5-12(6-10-18)17-13(19)4-8-15-2;;/h12,15H,3-11H2,1-2H3,(H,16,20)(H,17,19);2*1H. The molecule has 0 spiro atoms. The molecular formula is C14H30Cl2N4O2. The summed E-state index contributed by atoms with van der Waals surface area (Å²) in [6.07, 6.45) is 3.33. The van der Waals surface area contributed by atoms with E-state index in [0.717, 1.165) is 38.9 Å². The van der Waals surface area contributed by atoms with Crippen LogP contribution >= 0.6 is 24.8 Å². The van der Waals surface area contributed by atoms with E-state index < -0.39 is 0 Å². The Labute approximate surface area is 146 Å². The molecule has 0 saturated carbocycles. The number of hydrogen-bond donors (Lipinski definition) is 3. The zero-order valence-electron chi connectivity index (χ0n) is 13.5. The first kappa shape index (κ1) is 23.7. The maximum Gasteiger partial charge on any atom is 0.234 e. The number of amides is 2. The molecule has 1 fully saturated rings. The maximum absolute atomic E-state index is 11.6. The SMILES string of the molecule is CCCNC(=O)CN1CCC(NC(=O)CCNC)CC1.Cl.Cl. The van der Waals surface area contributed by atoms with Gasteiger partial charge in [0.1, 0.15) is 0 Å². The average molecular weight is 357 g/mol. The van der Waals surface area contributed by atoms with E-state index in [9.17, 15) is 9.59 Å². The van der Waals surface area contributed by atoms with Gasteiger partial charge < -0.3 is 16.0 Å². The minimum absolute atomic E-state index is 0. The first-order valence-corrected chi connectivity index (χ1v) is 7.58. The summed E-state index contributed by atoms with van der Waals surface area (Å²) < 4.78 is 0. The fraction of sp³-hybridized carbons (Fsp3) is 0.857. The van der Waals surface area contributed by atoms with Gasteiger partial charge in [0, 0.05) is 38.6 Å². The van der Waals surface area contributed by atoms with E-state index in [4.69, 9.17) is 0 Å². The van der Waals surface area contributed by atoms with Crippen molar-refractivity contribution in [3.05, 3.63) is 0 Å². The highest BCUT2D eigenvalue weighted by atomic mass is 35.5. The predicted octanol–water partition coefficient (Wildman–Crippen LogP) is 0.546. The van der Waals surface area contributed by atoms with Crippen molar-refractivity contribution in [2.75, 3.05) is 39.8 Å². The molecule has 0 aromatic carbocycles. The molecule has 0 atom stereocenters. The van der Waals surface area contributed by atoms with E-state index in [1.807, 2.05) is 14.0 Å². The van der Waals surface area contributed by atoms with Crippen LogP contribution in [-0.2, 0) is 9.59 Å². The highest BCUT2D eigenvalue weighted by Gasteiger charge is 2.21. The number of carbonyl (C=O) groups is 2. The molecule has 1 rings (SSSR count). The third-order valence-electron chi connectivity index (χ3n) is 3.49. The second-order valence-corrected chi connectivity index (χ2v) is 5.32. The van der Waals surface area contributed by atoms with Gasteiger partial charge in [0.25, 0.3) is 0 Å². The molecular weight excluding hydrogens is 327 g/mol. The molecule has 1 aliphatic rings. The largest absolute Gasteiger partial charge is 0.355 e. The van der Waals surface area contributed by atoms with Crippen molar-refractivity contribution in [2.45, 2.75) is 38.6 Å². The molecule has 6 nitrogen and oxygen atoms in total. The van der Waals surface area contributed by atoms with Crippen LogP contribution in [0.15, 0.2) is 0 Å². The third-order valence-corrected chi connectivity index (χ3v) is 3.49. The average Bonchev–Trinajstić information content (AvgIpc) is 2.45. The molecule has 1 heterocycles. The highest BCUT2D eigenvalue weighted by molar-refractivity contribution is 5.85. The topological polar surface area (TPSA) is 73.5 Å². The van der Waals surface area contributed by atoms with Gasteiger partial charge in [-0.05, 0) is 26.3 Å². The number of rotatable bonds is 8. The van der Waals surface area contributed by atoms with Gasteiger partial charge in [-0.3, -0.25) is 14.5 Å². The fourth-order valence-electron chi connectivity index (χ4n) is 2.30. The Balaban J connectivity index is 0. The van der Waals surface area contributed by atoms with Crippen molar-refractivity contribution in [1.29, 1.82) is 0 Å². The number of nitrogens with one attached hydrogen (secondary N) is 3. The van der Waals surface area contributed by atoms with Crippen LogP contribution in [0.5, 0.6) is 0 Å².